The minimum absolute atomic E-state index is 0.806. The van der Waals surface area contributed by atoms with E-state index in [-0.39, 0.29) is 0 Å². The van der Waals surface area contributed by atoms with Crippen molar-refractivity contribution in [3.8, 4) is 0 Å². The molecular weight excluding hydrogens is 220 g/mol. The second kappa shape index (κ2) is 6.99. The molecule has 3 nitrogen and oxygen atoms in total. The van der Waals surface area contributed by atoms with Crippen LogP contribution in [0.5, 0.6) is 0 Å². The molecule has 1 heterocycles. The van der Waals surface area contributed by atoms with Crippen LogP contribution < -0.4 is 5.32 Å². The quantitative estimate of drug-likeness (QED) is 0.792. The van der Waals surface area contributed by atoms with Crippen molar-refractivity contribution in [1.29, 1.82) is 0 Å². The Morgan fingerprint density at radius 3 is 2.88 bits per heavy atom. The van der Waals surface area contributed by atoms with Gasteiger partial charge in [-0.15, -0.1) is 0 Å². The zero-order valence-electron chi connectivity index (χ0n) is 10.7. The first-order chi connectivity index (χ1) is 7.67. The third-order valence-electron chi connectivity index (χ3n) is 2.51. The summed E-state index contributed by atoms with van der Waals surface area (Å²) in [5.41, 5.74) is 1.24. The highest BCUT2D eigenvalue weighted by molar-refractivity contribution is 7.98. The van der Waals surface area contributed by atoms with Crippen LogP contribution in [0, 0.1) is 6.92 Å². The van der Waals surface area contributed by atoms with Gasteiger partial charge in [-0.3, -0.25) is 4.90 Å². The molecule has 0 radical (unpaired) electrons. The molecule has 0 atom stereocenters. The summed E-state index contributed by atoms with van der Waals surface area (Å²) >= 11 is 1.87. The van der Waals surface area contributed by atoms with Crippen LogP contribution in [0.1, 0.15) is 17.1 Å². The van der Waals surface area contributed by atoms with Crippen molar-refractivity contribution in [2.24, 2.45) is 0 Å². The van der Waals surface area contributed by atoms with E-state index in [9.17, 15) is 0 Å². The van der Waals surface area contributed by atoms with Crippen LogP contribution >= 0.6 is 11.8 Å². The molecule has 1 rings (SSSR count). The van der Waals surface area contributed by atoms with Crippen LogP contribution in [0.2, 0.25) is 0 Å². The number of hydrogen-bond acceptors (Lipinski definition) is 4. The van der Waals surface area contributed by atoms with Crippen LogP contribution in [0.4, 0.5) is 0 Å². The molecular formula is C12H22N2OS. The van der Waals surface area contributed by atoms with Crippen LogP contribution in [0.25, 0.3) is 0 Å². The van der Waals surface area contributed by atoms with Gasteiger partial charge in [-0.2, -0.15) is 11.8 Å². The second-order valence-electron chi connectivity index (χ2n) is 4.08. The van der Waals surface area contributed by atoms with E-state index < -0.39 is 0 Å². The molecule has 0 bridgehead atoms. The molecule has 1 aromatic rings. The number of thioether (sulfide) groups is 1. The number of nitrogens with zero attached hydrogens (tertiary/aromatic N) is 1. The number of hydrogen-bond donors (Lipinski definition) is 1. The first-order valence-electron chi connectivity index (χ1n) is 5.57. The molecule has 0 unspecified atom stereocenters. The van der Waals surface area contributed by atoms with Gasteiger partial charge in [0.05, 0.1) is 13.1 Å². The lowest BCUT2D eigenvalue weighted by Crippen LogP contribution is -2.20. The highest BCUT2D eigenvalue weighted by Crippen LogP contribution is 2.15. The lowest BCUT2D eigenvalue weighted by Gasteiger charge is -2.13. The van der Waals surface area contributed by atoms with Gasteiger partial charge in [0.25, 0.3) is 0 Å². The van der Waals surface area contributed by atoms with Gasteiger partial charge in [0, 0.05) is 12.3 Å². The molecule has 0 saturated heterocycles. The fraction of sp³-hybridized carbons (Fsp3) is 0.667. The topological polar surface area (TPSA) is 28.4 Å². The summed E-state index contributed by atoms with van der Waals surface area (Å²) < 4.78 is 5.79. The Labute approximate surface area is 103 Å². The van der Waals surface area contributed by atoms with Crippen LogP contribution in [0.15, 0.2) is 10.5 Å². The molecule has 0 fully saturated rings. The van der Waals surface area contributed by atoms with Crippen molar-refractivity contribution in [2.45, 2.75) is 20.0 Å². The summed E-state index contributed by atoms with van der Waals surface area (Å²) in [6.07, 6.45) is 2.13. The van der Waals surface area contributed by atoms with Crippen molar-refractivity contribution < 1.29 is 4.42 Å². The molecule has 0 saturated carbocycles. The standard InChI is InChI=1S/C12H22N2OS/c1-10-7-11(15-12(10)8-13-2)9-14(3)5-6-16-4/h7,13H,5-6,8-9H2,1-4H3. The monoisotopic (exact) mass is 242 g/mol. The summed E-state index contributed by atoms with van der Waals surface area (Å²) in [5, 5.41) is 3.12. The smallest absolute Gasteiger partial charge is 0.120 e. The Morgan fingerprint density at radius 2 is 2.25 bits per heavy atom. The Kier molecular flexibility index (Phi) is 5.95. The molecule has 1 aromatic heterocycles. The molecule has 92 valence electrons. The lowest BCUT2D eigenvalue weighted by atomic mass is 10.2. The average molecular weight is 242 g/mol. The lowest BCUT2D eigenvalue weighted by molar-refractivity contribution is 0.305. The molecule has 1 N–H and O–H groups in total. The molecule has 16 heavy (non-hydrogen) atoms. The van der Waals surface area contributed by atoms with E-state index in [2.05, 4.69) is 36.5 Å². The Morgan fingerprint density at radius 1 is 1.50 bits per heavy atom. The minimum atomic E-state index is 0.806. The third-order valence-corrected chi connectivity index (χ3v) is 3.10. The van der Waals surface area contributed by atoms with E-state index in [1.165, 1.54) is 11.3 Å². The largest absolute Gasteiger partial charge is 0.463 e. The van der Waals surface area contributed by atoms with Crippen molar-refractivity contribution in [3.63, 3.8) is 0 Å². The van der Waals surface area contributed by atoms with Gasteiger partial charge < -0.3 is 9.73 Å². The molecule has 0 amide bonds. The number of rotatable bonds is 7. The van der Waals surface area contributed by atoms with Gasteiger partial charge in [-0.05, 0) is 38.9 Å². The van der Waals surface area contributed by atoms with E-state index >= 15 is 0 Å². The van der Waals surface area contributed by atoms with E-state index in [0.29, 0.717) is 0 Å². The Balaban J connectivity index is 2.50. The van der Waals surface area contributed by atoms with Crippen LogP contribution in [0.3, 0.4) is 0 Å². The van der Waals surface area contributed by atoms with Crippen molar-refractivity contribution in [2.75, 3.05) is 32.6 Å². The third kappa shape index (κ3) is 4.20. The maximum absolute atomic E-state index is 5.79. The second-order valence-corrected chi connectivity index (χ2v) is 5.07. The normalized spacial score (nSPS) is 11.3. The Hall–Kier alpha value is -0.450. The fourth-order valence-corrected chi connectivity index (χ4v) is 2.09. The number of nitrogens with one attached hydrogen (secondary N) is 1. The van der Waals surface area contributed by atoms with E-state index in [4.69, 9.17) is 4.42 Å². The van der Waals surface area contributed by atoms with Crippen molar-refractivity contribution in [3.05, 3.63) is 23.2 Å². The zero-order valence-corrected chi connectivity index (χ0v) is 11.5. The molecule has 0 aliphatic heterocycles. The van der Waals surface area contributed by atoms with E-state index in [1.807, 2.05) is 18.8 Å². The predicted octanol–water partition coefficient (Wildman–Crippen LogP) is 2.10. The first-order valence-corrected chi connectivity index (χ1v) is 6.97. The Bertz CT molecular complexity index is 312. The van der Waals surface area contributed by atoms with Gasteiger partial charge in [0.15, 0.2) is 0 Å². The van der Waals surface area contributed by atoms with E-state index in [1.54, 1.807) is 0 Å². The SMILES string of the molecule is CNCc1oc(CN(C)CCSC)cc1C. The maximum Gasteiger partial charge on any atom is 0.120 e. The van der Waals surface area contributed by atoms with Gasteiger partial charge in [0.1, 0.15) is 11.5 Å². The first kappa shape index (κ1) is 13.6. The number of furan rings is 1. The molecule has 0 aromatic carbocycles. The van der Waals surface area contributed by atoms with Crippen molar-refractivity contribution >= 4 is 11.8 Å². The van der Waals surface area contributed by atoms with Gasteiger partial charge in [0.2, 0.25) is 0 Å². The molecule has 0 spiro atoms. The van der Waals surface area contributed by atoms with Crippen molar-refractivity contribution in [1.82, 2.24) is 10.2 Å². The van der Waals surface area contributed by atoms with Gasteiger partial charge >= 0.3 is 0 Å². The van der Waals surface area contributed by atoms with Gasteiger partial charge in [-0.25, -0.2) is 0 Å². The molecule has 4 heteroatoms. The predicted molar refractivity (Wildman–Crippen MR) is 70.9 cm³/mol. The average Bonchev–Trinajstić information content (AvgIpc) is 2.57. The van der Waals surface area contributed by atoms with Gasteiger partial charge in [-0.1, -0.05) is 0 Å². The minimum Gasteiger partial charge on any atom is -0.463 e. The summed E-state index contributed by atoms with van der Waals surface area (Å²) in [5.74, 6) is 3.28. The number of aryl methyl sites for hydroxylation is 1. The summed E-state index contributed by atoms with van der Waals surface area (Å²) in [4.78, 5) is 2.29. The van der Waals surface area contributed by atoms with Crippen LogP contribution in [-0.4, -0.2) is 37.5 Å². The van der Waals surface area contributed by atoms with Crippen LogP contribution in [-0.2, 0) is 13.1 Å². The van der Waals surface area contributed by atoms with E-state index in [0.717, 1.165) is 31.2 Å². The molecule has 0 aliphatic carbocycles. The fourth-order valence-electron chi connectivity index (χ4n) is 1.60. The zero-order chi connectivity index (χ0) is 12.0. The summed E-state index contributed by atoms with van der Waals surface area (Å²) in [7, 11) is 4.07. The highest BCUT2D eigenvalue weighted by atomic mass is 32.2. The molecule has 0 aliphatic rings. The highest BCUT2D eigenvalue weighted by Gasteiger charge is 2.08. The maximum atomic E-state index is 5.79. The summed E-state index contributed by atoms with van der Waals surface area (Å²) in [6, 6.07) is 2.14. The summed E-state index contributed by atoms with van der Waals surface area (Å²) in [6.45, 7) is 4.90.